The molecule has 2 fully saturated rings. The van der Waals surface area contributed by atoms with Crippen molar-refractivity contribution in [1.29, 1.82) is 0 Å². The van der Waals surface area contributed by atoms with Crippen LogP contribution in [0.15, 0.2) is 0 Å². The van der Waals surface area contributed by atoms with Crippen LogP contribution in [0, 0.1) is 5.92 Å². The number of hydrogen-bond acceptors (Lipinski definition) is 2. The lowest BCUT2D eigenvalue weighted by Crippen LogP contribution is -2.54. The number of hydrogen-bond donors (Lipinski definition) is 1. The quantitative estimate of drug-likeness (QED) is 0.752. The average molecular weight is 210 g/mol. The number of likely N-dealkylation sites (tertiary alicyclic amines) is 1. The van der Waals surface area contributed by atoms with Gasteiger partial charge in [0.1, 0.15) is 0 Å². The molecule has 1 aliphatic carbocycles. The van der Waals surface area contributed by atoms with E-state index in [9.17, 15) is 0 Å². The second kappa shape index (κ2) is 4.42. The summed E-state index contributed by atoms with van der Waals surface area (Å²) in [4.78, 5) is 2.76. The Bertz CT molecular complexity index is 209. The Labute approximate surface area is 94.4 Å². The van der Waals surface area contributed by atoms with E-state index in [-0.39, 0.29) is 0 Å². The molecule has 2 nitrogen and oxygen atoms in total. The van der Waals surface area contributed by atoms with E-state index in [2.05, 4.69) is 31.1 Å². The molecule has 2 heteroatoms. The normalized spacial score (nSPS) is 37.0. The molecule has 0 aromatic heterocycles. The van der Waals surface area contributed by atoms with E-state index < -0.39 is 0 Å². The minimum absolute atomic E-state index is 0.535. The SMILES string of the molecule is CNC1CCN(C2(C)CCCC2)CC1C. The zero-order valence-corrected chi connectivity index (χ0v) is 10.6. The molecule has 2 atom stereocenters. The fraction of sp³-hybridized carbons (Fsp3) is 1.00. The van der Waals surface area contributed by atoms with Crippen molar-refractivity contribution in [3.63, 3.8) is 0 Å². The van der Waals surface area contributed by atoms with Gasteiger partial charge in [-0.05, 0) is 39.2 Å². The van der Waals surface area contributed by atoms with Crippen molar-refractivity contribution < 1.29 is 0 Å². The van der Waals surface area contributed by atoms with Crippen LogP contribution in [0.1, 0.15) is 46.0 Å². The first kappa shape index (κ1) is 11.4. The summed E-state index contributed by atoms with van der Waals surface area (Å²) in [5.74, 6) is 0.807. The summed E-state index contributed by atoms with van der Waals surface area (Å²) < 4.78 is 0. The van der Waals surface area contributed by atoms with E-state index in [0.29, 0.717) is 5.54 Å². The first-order valence-electron chi connectivity index (χ1n) is 6.58. The van der Waals surface area contributed by atoms with E-state index in [1.54, 1.807) is 0 Å². The molecule has 15 heavy (non-hydrogen) atoms. The summed E-state index contributed by atoms with van der Waals surface area (Å²) in [6, 6.07) is 0.742. The third kappa shape index (κ3) is 2.21. The molecule has 0 aromatic carbocycles. The Kier molecular flexibility index (Phi) is 3.36. The van der Waals surface area contributed by atoms with Gasteiger partial charge in [0.05, 0.1) is 0 Å². The summed E-state index contributed by atoms with van der Waals surface area (Å²) in [5.41, 5.74) is 0.535. The smallest absolute Gasteiger partial charge is 0.0181 e. The molecule has 0 amide bonds. The molecular weight excluding hydrogens is 184 g/mol. The predicted molar refractivity (Wildman–Crippen MR) is 65.1 cm³/mol. The number of nitrogens with zero attached hydrogens (tertiary/aromatic N) is 1. The largest absolute Gasteiger partial charge is 0.317 e. The lowest BCUT2D eigenvalue weighted by Gasteiger charge is -2.45. The van der Waals surface area contributed by atoms with E-state index >= 15 is 0 Å². The van der Waals surface area contributed by atoms with Gasteiger partial charge in [0.25, 0.3) is 0 Å². The molecule has 1 N–H and O–H groups in total. The third-order valence-corrected chi connectivity index (χ3v) is 4.72. The van der Waals surface area contributed by atoms with E-state index in [4.69, 9.17) is 0 Å². The van der Waals surface area contributed by atoms with Gasteiger partial charge in [-0.15, -0.1) is 0 Å². The number of rotatable bonds is 2. The third-order valence-electron chi connectivity index (χ3n) is 4.72. The Balaban J connectivity index is 1.95. The fourth-order valence-electron chi connectivity index (χ4n) is 3.52. The highest BCUT2D eigenvalue weighted by Gasteiger charge is 2.38. The van der Waals surface area contributed by atoms with Crippen LogP contribution in [-0.2, 0) is 0 Å². The standard InChI is InChI=1S/C13H26N2/c1-11-10-15(9-6-12(11)14-3)13(2)7-4-5-8-13/h11-12,14H,4-10H2,1-3H3. The van der Waals surface area contributed by atoms with Gasteiger partial charge in [-0.25, -0.2) is 0 Å². The van der Waals surface area contributed by atoms with Gasteiger partial charge in [0, 0.05) is 24.7 Å². The van der Waals surface area contributed by atoms with Gasteiger partial charge in [-0.1, -0.05) is 19.8 Å². The summed E-state index contributed by atoms with van der Waals surface area (Å²) in [5, 5.41) is 3.45. The Hall–Kier alpha value is -0.0800. The highest BCUT2D eigenvalue weighted by Crippen LogP contribution is 2.37. The first-order valence-corrected chi connectivity index (χ1v) is 6.58. The average Bonchev–Trinajstić information content (AvgIpc) is 2.66. The zero-order chi connectivity index (χ0) is 10.9. The molecule has 0 spiro atoms. The van der Waals surface area contributed by atoms with Crippen molar-refractivity contribution >= 4 is 0 Å². The highest BCUT2D eigenvalue weighted by molar-refractivity contribution is 4.95. The van der Waals surface area contributed by atoms with Crippen LogP contribution in [0.5, 0.6) is 0 Å². The van der Waals surface area contributed by atoms with Gasteiger partial charge in [0.2, 0.25) is 0 Å². The molecule has 1 heterocycles. The number of piperidine rings is 1. The van der Waals surface area contributed by atoms with Crippen LogP contribution in [0.3, 0.4) is 0 Å². The van der Waals surface area contributed by atoms with Gasteiger partial charge < -0.3 is 5.32 Å². The highest BCUT2D eigenvalue weighted by atomic mass is 15.2. The Morgan fingerprint density at radius 2 is 1.93 bits per heavy atom. The molecule has 2 aliphatic rings. The molecule has 1 aliphatic heterocycles. The minimum atomic E-state index is 0.535. The molecule has 1 saturated heterocycles. The second-order valence-electron chi connectivity index (χ2n) is 5.81. The minimum Gasteiger partial charge on any atom is -0.317 e. The molecule has 0 bridgehead atoms. The summed E-state index contributed by atoms with van der Waals surface area (Å²) in [6.45, 7) is 7.46. The molecule has 1 saturated carbocycles. The van der Waals surface area contributed by atoms with Crippen LogP contribution in [0.4, 0.5) is 0 Å². The van der Waals surface area contributed by atoms with Crippen molar-refractivity contribution in [2.75, 3.05) is 20.1 Å². The Morgan fingerprint density at radius 1 is 1.27 bits per heavy atom. The van der Waals surface area contributed by atoms with Crippen LogP contribution in [0.2, 0.25) is 0 Å². The van der Waals surface area contributed by atoms with E-state index in [1.165, 1.54) is 45.2 Å². The van der Waals surface area contributed by atoms with Gasteiger partial charge in [-0.3, -0.25) is 4.90 Å². The maximum absolute atomic E-state index is 3.45. The summed E-state index contributed by atoms with van der Waals surface area (Å²) >= 11 is 0. The predicted octanol–water partition coefficient (Wildman–Crippen LogP) is 2.25. The van der Waals surface area contributed by atoms with Gasteiger partial charge in [-0.2, -0.15) is 0 Å². The molecule has 0 radical (unpaired) electrons. The fourth-order valence-corrected chi connectivity index (χ4v) is 3.52. The number of nitrogens with one attached hydrogen (secondary N) is 1. The maximum atomic E-state index is 3.45. The van der Waals surface area contributed by atoms with E-state index in [0.717, 1.165) is 12.0 Å². The topological polar surface area (TPSA) is 15.3 Å². The van der Waals surface area contributed by atoms with Crippen molar-refractivity contribution in [3.8, 4) is 0 Å². The van der Waals surface area contributed by atoms with Crippen LogP contribution in [-0.4, -0.2) is 36.6 Å². The second-order valence-corrected chi connectivity index (χ2v) is 5.81. The maximum Gasteiger partial charge on any atom is 0.0181 e. The van der Waals surface area contributed by atoms with Crippen molar-refractivity contribution in [3.05, 3.63) is 0 Å². The zero-order valence-electron chi connectivity index (χ0n) is 10.6. The monoisotopic (exact) mass is 210 g/mol. The molecule has 88 valence electrons. The lowest BCUT2D eigenvalue weighted by atomic mass is 9.88. The van der Waals surface area contributed by atoms with Crippen molar-refractivity contribution in [1.82, 2.24) is 10.2 Å². The molecule has 2 unspecified atom stereocenters. The summed E-state index contributed by atoms with van der Waals surface area (Å²) in [7, 11) is 2.11. The first-order chi connectivity index (χ1) is 7.15. The van der Waals surface area contributed by atoms with Gasteiger partial charge >= 0.3 is 0 Å². The van der Waals surface area contributed by atoms with E-state index in [1.807, 2.05) is 0 Å². The van der Waals surface area contributed by atoms with Gasteiger partial charge in [0.15, 0.2) is 0 Å². The lowest BCUT2D eigenvalue weighted by molar-refractivity contribution is 0.0486. The molecule has 0 aromatic rings. The summed E-state index contributed by atoms with van der Waals surface area (Å²) in [6.07, 6.45) is 7.05. The van der Waals surface area contributed by atoms with Crippen molar-refractivity contribution in [2.45, 2.75) is 57.5 Å². The van der Waals surface area contributed by atoms with Crippen LogP contribution < -0.4 is 5.32 Å². The Morgan fingerprint density at radius 3 is 2.47 bits per heavy atom. The van der Waals surface area contributed by atoms with Crippen molar-refractivity contribution in [2.24, 2.45) is 5.92 Å². The molecular formula is C13H26N2. The van der Waals surface area contributed by atoms with Crippen LogP contribution >= 0.6 is 0 Å². The molecule has 2 rings (SSSR count). The van der Waals surface area contributed by atoms with Crippen LogP contribution in [0.25, 0.3) is 0 Å².